The molecule has 0 unspecified atom stereocenters. The van der Waals surface area contributed by atoms with E-state index < -0.39 is 10.0 Å². The second kappa shape index (κ2) is 4.66. The highest BCUT2D eigenvalue weighted by Crippen LogP contribution is 2.25. The van der Waals surface area contributed by atoms with Crippen LogP contribution in [0.15, 0.2) is 24.3 Å². The molecule has 1 saturated heterocycles. The molecule has 2 rings (SSSR count). The zero-order chi connectivity index (χ0) is 12.5. The van der Waals surface area contributed by atoms with Crippen molar-refractivity contribution < 1.29 is 8.42 Å². The molecule has 1 atom stereocenters. The minimum absolute atomic E-state index is 0.266. The second-order valence-corrected chi connectivity index (χ2v) is 6.36. The summed E-state index contributed by atoms with van der Waals surface area (Å²) in [7, 11) is -1.15. The maximum absolute atomic E-state index is 11.8. The van der Waals surface area contributed by atoms with Crippen LogP contribution in [0.2, 0.25) is 0 Å². The van der Waals surface area contributed by atoms with Crippen LogP contribution in [-0.4, -0.2) is 27.8 Å². The van der Waals surface area contributed by atoms with Crippen LogP contribution in [0.3, 0.4) is 0 Å². The van der Waals surface area contributed by atoms with E-state index in [9.17, 15) is 8.42 Å². The highest BCUT2D eigenvalue weighted by molar-refractivity contribution is 7.93. The van der Waals surface area contributed by atoms with Gasteiger partial charge < -0.3 is 5.32 Å². The summed E-state index contributed by atoms with van der Waals surface area (Å²) in [6.07, 6.45) is 0.719. The molecule has 1 aromatic carbocycles. The molecule has 94 valence electrons. The van der Waals surface area contributed by atoms with Crippen LogP contribution in [-0.2, 0) is 10.0 Å². The van der Waals surface area contributed by atoms with Crippen molar-refractivity contribution in [3.05, 3.63) is 29.8 Å². The van der Waals surface area contributed by atoms with Crippen LogP contribution in [0.4, 0.5) is 5.69 Å². The van der Waals surface area contributed by atoms with E-state index in [0.717, 1.165) is 17.7 Å². The third kappa shape index (κ3) is 2.45. The molecule has 0 spiro atoms. The lowest BCUT2D eigenvalue weighted by molar-refractivity contribution is 0.599. The minimum atomic E-state index is -3.06. The summed E-state index contributed by atoms with van der Waals surface area (Å²) in [5, 5.41) is 3.15. The van der Waals surface area contributed by atoms with Gasteiger partial charge in [-0.2, -0.15) is 0 Å². The summed E-state index contributed by atoms with van der Waals surface area (Å²) >= 11 is 0. The summed E-state index contributed by atoms with van der Waals surface area (Å²) in [5.74, 6) is 0.266. The smallest absolute Gasteiger partial charge is 0.235 e. The molecule has 5 heteroatoms. The van der Waals surface area contributed by atoms with E-state index in [0.29, 0.717) is 6.54 Å². The van der Waals surface area contributed by atoms with Crippen molar-refractivity contribution in [2.45, 2.75) is 19.4 Å². The Labute approximate surface area is 103 Å². The van der Waals surface area contributed by atoms with Gasteiger partial charge in [-0.25, -0.2) is 8.42 Å². The number of sulfonamides is 1. The lowest BCUT2D eigenvalue weighted by Gasteiger charge is -2.18. The normalized spacial score (nSPS) is 20.5. The first-order chi connectivity index (χ1) is 8.04. The fourth-order valence-corrected chi connectivity index (χ4v) is 3.59. The minimum Gasteiger partial charge on any atom is -0.313 e. The fourth-order valence-electron chi connectivity index (χ4n) is 2.03. The molecule has 1 aliphatic heterocycles. The third-order valence-electron chi connectivity index (χ3n) is 3.21. The molecule has 0 amide bonds. The lowest BCUT2D eigenvalue weighted by Crippen LogP contribution is -2.25. The van der Waals surface area contributed by atoms with Gasteiger partial charge in [-0.1, -0.05) is 12.1 Å². The Bertz CT molecular complexity index is 482. The zero-order valence-electron chi connectivity index (χ0n) is 10.2. The zero-order valence-corrected chi connectivity index (χ0v) is 11.0. The predicted octanol–water partition coefficient (Wildman–Crippen LogP) is 1.51. The molecular formula is C12H18N2O2S. The van der Waals surface area contributed by atoms with Crippen molar-refractivity contribution >= 4 is 15.7 Å². The number of hydrogen-bond acceptors (Lipinski definition) is 3. The molecule has 1 aromatic rings. The Balaban J connectivity index is 2.24. The van der Waals surface area contributed by atoms with Crippen molar-refractivity contribution in [1.82, 2.24) is 5.32 Å². The maximum atomic E-state index is 11.8. The van der Waals surface area contributed by atoms with Crippen molar-refractivity contribution in [2.75, 3.05) is 23.7 Å². The van der Waals surface area contributed by atoms with Crippen LogP contribution in [0.5, 0.6) is 0 Å². The van der Waals surface area contributed by atoms with Gasteiger partial charge in [0.2, 0.25) is 10.0 Å². The Kier molecular flexibility index (Phi) is 3.40. The number of anilines is 1. The van der Waals surface area contributed by atoms with Crippen molar-refractivity contribution in [1.29, 1.82) is 0 Å². The van der Waals surface area contributed by atoms with E-state index in [1.807, 2.05) is 31.3 Å². The standard InChI is InChI=1S/C12H18N2O2S/c1-10(13-2)11-4-6-12(7-5-11)14-8-3-9-17(14,15)16/h4-7,10,13H,3,8-9H2,1-2H3/t10-/m1/s1. The highest BCUT2D eigenvalue weighted by atomic mass is 32.2. The van der Waals surface area contributed by atoms with Gasteiger partial charge in [0, 0.05) is 12.6 Å². The molecule has 0 bridgehead atoms. The molecule has 0 aliphatic carbocycles. The van der Waals surface area contributed by atoms with E-state index in [-0.39, 0.29) is 11.8 Å². The third-order valence-corrected chi connectivity index (χ3v) is 5.08. The second-order valence-electron chi connectivity index (χ2n) is 4.34. The largest absolute Gasteiger partial charge is 0.313 e. The van der Waals surface area contributed by atoms with Gasteiger partial charge in [0.15, 0.2) is 0 Å². The molecule has 4 nitrogen and oxygen atoms in total. The van der Waals surface area contributed by atoms with Crippen LogP contribution >= 0.6 is 0 Å². The quantitative estimate of drug-likeness (QED) is 0.889. The summed E-state index contributed by atoms with van der Waals surface area (Å²) in [6, 6.07) is 7.99. The Morgan fingerprint density at radius 1 is 1.29 bits per heavy atom. The lowest BCUT2D eigenvalue weighted by atomic mass is 10.1. The molecule has 1 aliphatic rings. The van der Waals surface area contributed by atoms with Gasteiger partial charge in [0.25, 0.3) is 0 Å². The average molecular weight is 254 g/mol. The Morgan fingerprint density at radius 3 is 2.41 bits per heavy atom. The number of hydrogen-bond donors (Lipinski definition) is 1. The van der Waals surface area contributed by atoms with Gasteiger partial charge >= 0.3 is 0 Å². The van der Waals surface area contributed by atoms with Crippen molar-refractivity contribution in [2.24, 2.45) is 0 Å². The summed E-state index contributed by atoms with van der Waals surface area (Å²) in [6.45, 7) is 2.67. The van der Waals surface area contributed by atoms with Gasteiger partial charge in [-0.3, -0.25) is 4.31 Å². The van der Waals surface area contributed by atoms with E-state index in [1.54, 1.807) is 0 Å². The molecule has 1 heterocycles. The molecule has 1 N–H and O–H groups in total. The average Bonchev–Trinajstić information content (AvgIpc) is 2.68. The molecule has 1 fully saturated rings. The van der Waals surface area contributed by atoms with E-state index >= 15 is 0 Å². The molecular weight excluding hydrogens is 236 g/mol. The van der Waals surface area contributed by atoms with E-state index in [4.69, 9.17) is 0 Å². The first-order valence-corrected chi connectivity index (χ1v) is 7.43. The topological polar surface area (TPSA) is 49.4 Å². The van der Waals surface area contributed by atoms with Crippen LogP contribution in [0.25, 0.3) is 0 Å². The van der Waals surface area contributed by atoms with Crippen LogP contribution < -0.4 is 9.62 Å². The van der Waals surface area contributed by atoms with E-state index in [2.05, 4.69) is 12.2 Å². The number of nitrogens with zero attached hydrogens (tertiary/aromatic N) is 1. The Morgan fingerprint density at radius 2 is 1.94 bits per heavy atom. The van der Waals surface area contributed by atoms with Crippen LogP contribution in [0, 0.1) is 0 Å². The van der Waals surface area contributed by atoms with Gasteiger partial charge in [0.05, 0.1) is 11.4 Å². The summed E-state index contributed by atoms with van der Waals surface area (Å²) < 4.78 is 25.0. The molecule has 0 saturated carbocycles. The summed E-state index contributed by atoms with van der Waals surface area (Å²) in [4.78, 5) is 0. The SMILES string of the molecule is CN[C@H](C)c1ccc(N2CCCS2(=O)=O)cc1. The predicted molar refractivity (Wildman–Crippen MR) is 69.7 cm³/mol. The first-order valence-electron chi connectivity index (χ1n) is 5.82. The maximum Gasteiger partial charge on any atom is 0.235 e. The monoisotopic (exact) mass is 254 g/mol. The van der Waals surface area contributed by atoms with Crippen molar-refractivity contribution in [3.63, 3.8) is 0 Å². The number of nitrogens with one attached hydrogen (secondary N) is 1. The Hall–Kier alpha value is -1.07. The number of benzene rings is 1. The molecule has 17 heavy (non-hydrogen) atoms. The van der Waals surface area contributed by atoms with Gasteiger partial charge in [0.1, 0.15) is 0 Å². The molecule has 0 radical (unpaired) electrons. The summed E-state index contributed by atoms with van der Waals surface area (Å²) in [5.41, 5.74) is 1.93. The van der Waals surface area contributed by atoms with Gasteiger partial charge in [-0.15, -0.1) is 0 Å². The highest BCUT2D eigenvalue weighted by Gasteiger charge is 2.28. The van der Waals surface area contributed by atoms with Crippen LogP contribution in [0.1, 0.15) is 24.9 Å². The van der Waals surface area contributed by atoms with Gasteiger partial charge in [-0.05, 0) is 38.1 Å². The van der Waals surface area contributed by atoms with E-state index in [1.165, 1.54) is 4.31 Å². The fraction of sp³-hybridized carbons (Fsp3) is 0.500. The van der Waals surface area contributed by atoms with Crippen molar-refractivity contribution in [3.8, 4) is 0 Å². The molecule has 0 aromatic heterocycles. The first kappa shape index (κ1) is 12.4. The number of rotatable bonds is 3.